The Labute approximate surface area is 77.5 Å². The number of nitrogens with two attached hydrogens (primary N) is 1. The monoisotopic (exact) mass is 180 g/mol. The third kappa shape index (κ3) is 2.37. The lowest BCUT2D eigenvalue weighted by atomic mass is 9.80. The normalized spacial score (nSPS) is 9.77. The van der Waals surface area contributed by atoms with Gasteiger partial charge in [0.1, 0.15) is 0 Å². The molecule has 1 rings (SSSR count). The van der Waals surface area contributed by atoms with Gasteiger partial charge in [0.05, 0.1) is 11.4 Å². The Kier molecular flexibility index (Phi) is 3.16. The van der Waals surface area contributed by atoms with E-state index in [4.69, 9.17) is 15.8 Å². The van der Waals surface area contributed by atoms with Gasteiger partial charge in [0.2, 0.25) is 0 Å². The van der Waals surface area contributed by atoms with Crippen LogP contribution in [0, 0.1) is 0 Å². The summed E-state index contributed by atoms with van der Waals surface area (Å²) in [5.41, 5.74) is 7.40. The molecule has 70 valence electrons. The fourth-order valence-electron chi connectivity index (χ4n) is 1.09. The molecule has 5 N–H and O–H groups in total. The third-order valence-corrected chi connectivity index (χ3v) is 1.74. The van der Waals surface area contributed by atoms with Crippen molar-refractivity contribution in [2.24, 2.45) is 0 Å². The minimum atomic E-state index is -1.46. The molecule has 0 fully saturated rings. The number of anilines is 2. The lowest BCUT2D eigenvalue weighted by Crippen LogP contribution is -2.30. The van der Waals surface area contributed by atoms with Crippen molar-refractivity contribution in [1.82, 2.24) is 0 Å². The molecule has 0 bridgehead atoms. The summed E-state index contributed by atoms with van der Waals surface area (Å²) in [6.07, 6.45) is 0. The van der Waals surface area contributed by atoms with E-state index >= 15 is 0 Å². The minimum absolute atomic E-state index is 0.402. The Bertz CT molecular complexity index is 291. The number of hydrogen-bond donors (Lipinski definition) is 4. The van der Waals surface area contributed by atoms with Crippen LogP contribution >= 0.6 is 0 Å². The van der Waals surface area contributed by atoms with Gasteiger partial charge >= 0.3 is 7.12 Å². The highest BCUT2D eigenvalue weighted by atomic mass is 16.4. The maximum absolute atomic E-state index is 8.85. The maximum atomic E-state index is 8.85. The zero-order valence-electron chi connectivity index (χ0n) is 7.49. The van der Waals surface area contributed by atoms with E-state index in [2.05, 4.69) is 5.32 Å². The molecular formula is C8H13BN2O2. The molecule has 0 aromatic heterocycles. The molecule has 1 aromatic carbocycles. The Morgan fingerprint density at radius 1 is 1.46 bits per heavy atom. The molecule has 0 radical (unpaired) electrons. The first-order valence-electron chi connectivity index (χ1n) is 4.14. The highest BCUT2D eigenvalue weighted by Crippen LogP contribution is 2.15. The highest BCUT2D eigenvalue weighted by Gasteiger charge is 2.11. The van der Waals surface area contributed by atoms with E-state index < -0.39 is 7.12 Å². The molecule has 0 atom stereocenters. The largest absolute Gasteiger partial charge is 0.488 e. The van der Waals surface area contributed by atoms with Crippen molar-refractivity contribution < 1.29 is 10.0 Å². The van der Waals surface area contributed by atoms with Crippen molar-refractivity contribution >= 4 is 24.0 Å². The Morgan fingerprint density at radius 3 is 2.62 bits per heavy atom. The molecule has 0 aliphatic rings. The molecule has 0 spiro atoms. The zero-order chi connectivity index (χ0) is 9.84. The van der Waals surface area contributed by atoms with Gasteiger partial charge in [-0.1, -0.05) is 6.07 Å². The summed E-state index contributed by atoms with van der Waals surface area (Å²) in [4.78, 5) is 0. The van der Waals surface area contributed by atoms with E-state index in [1.54, 1.807) is 18.2 Å². The molecule has 0 amide bonds. The molecule has 4 nitrogen and oxygen atoms in total. The SMILES string of the molecule is CCNc1ccc(B(O)O)cc1N. The number of nitrogen functional groups attached to an aromatic ring is 1. The van der Waals surface area contributed by atoms with Crippen LogP contribution in [-0.2, 0) is 0 Å². The fourth-order valence-corrected chi connectivity index (χ4v) is 1.09. The summed E-state index contributed by atoms with van der Waals surface area (Å²) in [5, 5.41) is 20.8. The van der Waals surface area contributed by atoms with Crippen LogP contribution in [0.5, 0.6) is 0 Å². The van der Waals surface area contributed by atoms with E-state index in [9.17, 15) is 0 Å². The van der Waals surface area contributed by atoms with E-state index in [-0.39, 0.29) is 0 Å². The van der Waals surface area contributed by atoms with E-state index in [1.165, 1.54) is 0 Å². The third-order valence-electron chi connectivity index (χ3n) is 1.74. The van der Waals surface area contributed by atoms with Crippen LogP contribution in [0.15, 0.2) is 18.2 Å². The van der Waals surface area contributed by atoms with Crippen LogP contribution in [0.2, 0.25) is 0 Å². The number of rotatable bonds is 3. The van der Waals surface area contributed by atoms with Gasteiger partial charge in [-0.05, 0) is 24.5 Å². The van der Waals surface area contributed by atoms with Gasteiger partial charge in [0, 0.05) is 6.54 Å². The van der Waals surface area contributed by atoms with Gasteiger partial charge in [0.15, 0.2) is 0 Å². The lowest BCUT2D eigenvalue weighted by Gasteiger charge is -2.08. The van der Waals surface area contributed by atoms with Crippen molar-refractivity contribution in [2.45, 2.75) is 6.92 Å². The summed E-state index contributed by atoms with van der Waals surface area (Å²) in [6, 6.07) is 4.90. The molecule has 0 saturated heterocycles. The molecule has 0 heterocycles. The quantitative estimate of drug-likeness (QED) is 0.369. The Morgan fingerprint density at radius 2 is 2.15 bits per heavy atom. The van der Waals surface area contributed by atoms with Gasteiger partial charge in [0.25, 0.3) is 0 Å². The van der Waals surface area contributed by atoms with Crippen LogP contribution in [-0.4, -0.2) is 23.7 Å². The average Bonchev–Trinajstić information content (AvgIpc) is 2.08. The van der Waals surface area contributed by atoms with Crippen molar-refractivity contribution in [1.29, 1.82) is 0 Å². The predicted molar refractivity (Wildman–Crippen MR) is 54.8 cm³/mol. The van der Waals surface area contributed by atoms with Gasteiger partial charge in [-0.25, -0.2) is 0 Å². The highest BCUT2D eigenvalue weighted by molar-refractivity contribution is 6.58. The number of benzene rings is 1. The summed E-state index contributed by atoms with van der Waals surface area (Å²) in [5.74, 6) is 0. The Balaban J connectivity index is 2.92. The van der Waals surface area contributed by atoms with Crippen molar-refractivity contribution in [2.75, 3.05) is 17.6 Å². The first-order chi connectivity index (χ1) is 6.15. The minimum Gasteiger partial charge on any atom is -0.423 e. The number of nitrogens with one attached hydrogen (secondary N) is 1. The zero-order valence-corrected chi connectivity index (χ0v) is 7.49. The smallest absolute Gasteiger partial charge is 0.423 e. The summed E-state index contributed by atoms with van der Waals surface area (Å²) in [6.45, 7) is 2.75. The topological polar surface area (TPSA) is 78.5 Å². The summed E-state index contributed by atoms with van der Waals surface area (Å²) < 4.78 is 0. The first-order valence-corrected chi connectivity index (χ1v) is 4.14. The maximum Gasteiger partial charge on any atom is 0.488 e. The molecule has 0 saturated carbocycles. The van der Waals surface area contributed by atoms with Crippen LogP contribution in [0.25, 0.3) is 0 Å². The van der Waals surface area contributed by atoms with E-state index in [1.807, 2.05) is 6.92 Å². The van der Waals surface area contributed by atoms with E-state index in [0.717, 1.165) is 12.2 Å². The molecule has 0 unspecified atom stereocenters. The summed E-state index contributed by atoms with van der Waals surface area (Å²) >= 11 is 0. The van der Waals surface area contributed by atoms with E-state index in [0.29, 0.717) is 11.2 Å². The first kappa shape index (κ1) is 9.89. The van der Waals surface area contributed by atoms with Gasteiger partial charge in [-0.3, -0.25) is 0 Å². The van der Waals surface area contributed by atoms with Gasteiger partial charge < -0.3 is 21.1 Å². The second-order valence-corrected chi connectivity index (χ2v) is 2.75. The fraction of sp³-hybridized carbons (Fsp3) is 0.250. The second kappa shape index (κ2) is 4.16. The average molecular weight is 180 g/mol. The second-order valence-electron chi connectivity index (χ2n) is 2.75. The molecule has 0 aliphatic heterocycles. The van der Waals surface area contributed by atoms with Gasteiger partial charge in [-0.2, -0.15) is 0 Å². The molecule has 0 aliphatic carbocycles. The molecule has 5 heteroatoms. The molecular weight excluding hydrogens is 167 g/mol. The summed E-state index contributed by atoms with van der Waals surface area (Å²) in [7, 11) is -1.46. The lowest BCUT2D eigenvalue weighted by molar-refractivity contribution is 0.426. The van der Waals surface area contributed by atoms with Crippen LogP contribution in [0.3, 0.4) is 0 Å². The van der Waals surface area contributed by atoms with Crippen LogP contribution in [0.1, 0.15) is 6.92 Å². The molecule has 1 aromatic rings. The van der Waals surface area contributed by atoms with Gasteiger partial charge in [-0.15, -0.1) is 0 Å². The van der Waals surface area contributed by atoms with Crippen molar-refractivity contribution in [3.8, 4) is 0 Å². The van der Waals surface area contributed by atoms with Crippen LogP contribution < -0.4 is 16.5 Å². The predicted octanol–water partition coefficient (Wildman–Crippen LogP) is -0.620. The van der Waals surface area contributed by atoms with Crippen molar-refractivity contribution in [3.63, 3.8) is 0 Å². The standard InChI is InChI=1S/C8H13BN2O2/c1-2-11-8-4-3-6(9(12)13)5-7(8)10/h3-5,11-13H,2,10H2,1H3. The Hall–Kier alpha value is -1.20. The van der Waals surface area contributed by atoms with Crippen LogP contribution in [0.4, 0.5) is 11.4 Å². The number of hydrogen-bond acceptors (Lipinski definition) is 4. The van der Waals surface area contributed by atoms with Crippen molar-refractivity contribution in [3.05, 3.63) is 18.2 Å². The molecule has 13 heavy (non-hydrogen) atoms.